The molecule has 1 aliphatic rings. The van der Waals surface area contributed by atoms with E-state index in [0.29, 0.717) is 5.92 Å². The Balaban J connectivity index is 2.23. The molecule has 0 aliphatic heterocycles. The second-order valence-corrected chi connectivity index (χ2v) is 4.58. The first-order chi connectivity index (χ1) is 6.08. The van der Waals surface area contributed by atoms with Crippen molar-refractivity contribution >= 4 is 0 Å². The summed E-state index contributed by atoms with van der Waals surface area (Å²) in [6.45, 7) is 4.37. The number of rotatable bonds is 6. The predicted octanol–water partition coefficient (Wildman–Crippen LogP) is 0.299. The molecule has 78 valence electrons. The maximum absolute atomic E-state index is 9.28. The van der Waals surface area contributed by atoms with Gasteiger partial charge in [0.1, 0.15) is 0 Å². The fourth-order valence-electron chi connectivity index (χ4n) is 1.61. The molecule has 0 spiro atoms. The molecular weight excluding hydrogens is 164 g/mol. The zero-order valence-electron chi connectivity index (χ0n) is 9.01. The lowest BCUT2D eigenvalue weighted by molar-refractivity contribution is 0.152. The van der Waals surface area contributed by atoms with Gasteiger partial charge in [0.05, 0.1) is 6.61 Å². The van der Waals surface area contributed by atoms with Crippen LogP contribution < -0.4 is 5.32 Å². The first kappa shape index (κ1) is 11.0. The summed E-state index contributed by atoms with van der Waals surface area (Å²) >= 11 is 0. The van der Waals surface area contributed by atoms with Crippen LogP contribution in [0.4, 0.5) is 0 Å². The van der Waals surface area contributed by atoms with Crippen molar-refractivity contribution in [1.82, 2.24) is 10.2 Å². The van der Waals surface area contributed by atoms with E-state index in [4.69, 9.17) is 0 Å². The molecule has 0 aromatic rings. The number of hydrogen-bond donors (Lipinski definition) is 2. The lowest BCUT2D eigenvalue weighted by Crippen LogP contribution is -2.49. The Bertz CT molecular complexity index is 157. The highest BCUT2D eigenvalue weighted by molar-refractivity contribution is 4.97. The van der Waals surface area contributed by atoms with Gasteiger partial charge >= 0.3 is 0 Å². The van der Waals surface area contributed by atoms with Crippen LogP contribution in [0.25, 0.3) is 0 Å². The molecule has 3 heteroatoms. The quantitative estimate of drug-likeness (QED) is 0.626. The summed E-state index contributed by atoms with van der Waals surface area (Å²) in [7, 11) is 4.13. The van der Waals surface area contributed by atoms with Crippen molar-refractivity contribution in [1.29, 1.82) is 0 Å². The van der Waals surface area contributed by atoms with E-state index in [1.807, 2.05) is 0 Å². The Morgan fingerprint density at radius 2 is 2.08 bits per heavy atom. The average molecular weight is 186 g/mol. The second-order valence-electron chi connectivity index (χ2n) is 4.58. The summed E-state index contributed by atoms with van der Waals surface area (Å²) in [4.78, 5) is 2.15. The zero-order valence-corrected chi connectivity index (χ0v) is 9.01. The van der Waals surface area contributed by atoms with Crippen molar-refractivity contribution < 1.29 is 5.11 Å². The summed E-state index contributed by atoms with van der Waals surface area (Å²) in [6, 6.07) is 0. The van der Waals surface area contributed by atoms with E-state index in [2.05, 4.69) is 31.2 Å². The highest BCUT2D eigenvalue weighted by atomic mass is 16.3. The molecule has 0 saturated heterocycles. The van der Waals surface area contributed by atoms with Crippen molar-refractivity contribution in [3.05, 3.63) is 0 Å². The molecule has 1 rings (SSSR count). The monoisotopic (exact) mass is 186 g/mol. The average Bonchev–Trinajstić information content (AvgIpc) is 2.85. The number of hydrogen-bond acceptors (Lipinski definition) is 3. The van der Waals surface area contributed by atoms with Gasteiger partial charge in [0.2, 0.25) is 0 Å². The fraction of sp³-hybridized carbons (Fsp3) is 1.00. The molecular formula is C10H22N2O. The first-order valence-corrected chi connectivity index (χ1v) is 5.09. The third-order valence-corrected chi connectivity index (χ3v) is 2.89. The van der Waals surface area contributed by atoms with Crippen LogP contribution in [-0.2, 0) is 0 Å². The molecule has 0 aromatic carbocycles. The molecule has 1 unspecified atom stereocenters. The lowest BCUT2D eigenvalue weighted by atomic mass is 9.97. The van der Waals surface area contributed by atoms with Crippen LogP contribution >= 0.6 is 0 Å². The molecule has 0 radical (unpaired) electrons. The van der Waals surface area contributed by atoms with Gasteiger partial charge in [0.25, 0.3) is 0 Å². The van der Waals surface area contributed by atoms with E-state index in [1.165, 1.54) is 12.8 Å². The Morgan fingerprint density at radius 3 is 2.46 bits per heavy atom. The molecule has 1 atom stereocenters. The molecule has 0 heterocycles. The summed E-state index contributed by atoms with van der Waals surface area (Å²) in [5.74, 6) is 0.694. The predicted molar refractivity (Wildman–Crippen MR) is 54.8 cm³/mol. The molecule has 13 heavy (non-hydrogen) atoms. The van der Waals surface area contributed by atoms with E-state index in [-0.39, 0.29) is 12.1 Å². The van der Waals surface area contributed by atoms with Crippen LogP contribution in [0.5, 0.6) is 0 Å². The smallest absolute Gasteiger partial charge is 0.0613 e. The minimum absolute atomic E-state index is 0.0317. The van der Waals surface area contributed by atoms with Crippen LogP contribution in [0.3, 0.4) is 0 Å². The van der Waals surface area contributed by atoms with Gasteiger partial charge in [-0.05, 0) is 39.8 Å². The van der Waals surface area contributed by atoms with Gasteiger partial charge in [-0.1, -0.05) is 0 Å². The van der Waals surface area contributed by atoms with Crippen LogP contribution in [-0.4, -0.2) is 49.3 Å². The first-order valence-electron chi connectivity index (χ1n) is 5.09. The Hall–Kier alpha value is -0.120. The summed E-state index contributed by atoms with van der Waals surface area (Å²) < 4.78 is 0. The van der Waals surface area contributed by atoms with Crippen LogP contribution in [0.15, 0.2) is 0 Å². The van der Waals surface area contributed by atoms with Crippen molar-refractivity contribution in [2.24, 2.45) is 5.92 Å². The number of aliphatic hydroxyl groups is 1. The van der Waals surface area contributed by atoms with E-state index >= 15 is 0 Å². The van der Waals surface area contributed by atoms with Crippen molar-refractivity contribution in [3.8, 4) is 0 Å². The minimum Gasteiger partial charge on any atom is -0.394 e. The van der Waals surface area contributed by atoms with Gasteiger partial charge in [-0.15, -0.1) is 0 Å². The highest BCUT2D eigenvalue weighted by Gasteiger charge is 2.40. The molecule has 0 aromatic heterocycles. The SMILES string of the molecule is CN(C)CCNC(C)(CO)C1CC1. The summed E-state index contributed by atoms with van der Waals surface area (Å²) in [6.07, 6.45) is 2.54. The van der Waals surface area contributed by atoms with Gasteiger partial charge in [0, 0.05) is 18.6 Å². The summed E-state index contributed by atoms with van der Waals surface area (Å²) in [5.41, 5.74) is -0.0317. The van der Waals surface area contributed by atoms with Crippen molar-refractivity contribution in [2.75, 3.05) is 33.8 Å². The molecule has 1 fully saturated rings. The molecule has 1 saturated carbocycles. The maximum atomic E-state index is 9.28. The third-order valence-electron chi connectivity index (χ3n) is 2.89. The van der Waals surface area contributed by atoms with E-state index in [0.717, 1.165) is 13.1 Å². The molecule has 3 nitrogen and oxygen atoms in total. The molecule has 0 bridgehead atoms. The number of likely N-dealkylation sites (N-methyl/N-ethyl adjacent to an activating group) is 1. The standard InChI is InChI=1S/C10H22N2O/c1-10(8-13,9-4-5-9)11-6-7-12(2)3/h9,11,13H,4-8H2,1-3H3. The molecule has 2 N–H and O–H groups in total. The maximum Gasteiger partial charge on any atom is 0.0613 e. The van der Waals surface area contributed by atoms with Gasteiger partial charge < -0.3 is 15.3 Å². The van der Waals surface area contributed by atoms with Gasteiger partial charge in [-0.2, -0.15) is 0 Å². The van der Waals surface area contributed by atoms with Crippen LogP contribution in [0.1, 0.15) is 19.8 Å². The largest absolute Gasteiger partial charge is 0.394 e. The van der Waals surface area contributed by atoms with E-state index in [9.17, 15) is 5.11 Å². The Morgan fingerprint density at radius 1 is 1.46 bits per heavy atom. The van der Waals surface area contributed by atoms with Crippen molar-refractivity contribution in [2.45, 2.75) is 25.3 Å². The number of nitrogens with zero attached hydrogens (tertiary/aromatic N) is 1. The van der Waals surface area contributed by atoms with Crippen molar-refractivity contribution in [3.63, 3.8) is 0 Å². The number of aliphatic hydroxyl groups excluding tert-OH is 1. The van der Waals surface area contributed by atoms with E-state index in [1.54, 1.807) is 0 Å². The lowest BCUT2D eigenvalue weighted by Gasteiger charge is -2.29. The topological polar surface area (TPSA) is 35.5 Å². The summed E-state index contributed by atoms with van der Waals surface area (Å²) in [5, 5.41) is 12.7. The van der Waals surface area contributed by atoms with Crippen LogP contribution in [0.2, 0.25) is 0 Å². The Labute approximate surface area is 81.1 Å². The fourth-order valence-corrected chi connectivity index (χ4v) is 1.61. The number of nitrogens with one attached hydrogen (secondary N) is 1. The third kappa shape index (κ3) is 3.25. The zero-order chi connectivity index (χ0) is 9.90. The molecule has 1 aliphatic carbocycles. The van der Waals surface area contributed by atoms with Gasteiger partial charge in [0.15, 0.2) is 0 Å². The molecule has 0 amide bonds. The normalized spacial score (nSPS) is 21.9. The van der Waals surface area contributed by atoms with Gasteiger partial charge in [-0.3, -0.25) is 0 Å². The van der Waals surface area contributed by atoms with Gasteiger partial charge in [-0.25, -0.2) is 0 Å². The van der Waals surface area contributed by atoms with E-state index < -0.39 is 0 Å². The second kappa shape index (κ2) is 4.40. The highest BCUT2D eigenvalue weighted by Crippen LogP contribution is 2.39. The minimum atomic E-state index is -0.0317. The Kier molecular flexibility index (Phi) is 3.71. The van der Waals surface area contributed by atoms with Crippen LogP contribution in [0, 0.1) is 5.92 Å².